The molecule has 1 aromatic rings. The topological polar surface area (TPSA) is 83.7 Å². The summed E-state index contributed by atoms with van der Waals surface area (Å²) in [6.45, 7) is 3.38. The van der Waals surface area contributed by atoms with E-state index in [1.165, 1.54) is 0 Å². The van der Waals surface area contributed by atoms with Gasteiger partial charge in [-0.1, -0.05) is 6.07 Å². The molecular weight excluding hydrogens is 272 g/mol. The second-order valence-electron chi connectivity index (χ2n) is 5.59. The Labute approximate surface area is 123 Å². The Morgan fingerprint density at radius 3 is 2.67 bits per heavy atom. The Hall–Kier alpha value is -2.11. The highest BCUT2D eigenvalue weighted by Gasteiger charge is 2.21. The Balaban J connectivity index is 1.97. The van der Waals surface area contributed by atoms with E-state index in [1.807, 2.05) is 6.07 Å². The summed E-state index contributed by atoms with van der Waals surface area (Å²) in [6, 6.07) is 5.33. The zero-order valence-corrected chi connectivity index (χ0v) is 12.1. The molecule has 0 unspecified atom stereocenters. The molecule has 1 heterocycles. The molecule has 1 aliphatic heterocycles. The fourth-order valence-corrected chi connectivity index (χ4v) is 2.80. The van der Waals surface area contributed by atoms with Crippen molar-refractivity contribution < 1.29 is 14.8 Å². The van der Waals surface area contributed by atoms with Crippen molar-refractivity contribution in [1.82, 2.24) is 0 Å². The number of carbonyl (C=O) groups is 1. The molecule has 0 amide bonds. The number of carboxylic acid groups (broad SMARTS) is 1. The van der Waals surface area contributed by atoms with Gasteiger partial charge in [-0.3, -0.25) is 14.9 Å². The zero-order valence-electron chi connectivity index (χ0n) is 12.1. The molecule has 0 aromatic heterocycles. The molecule has 0 saturated carbocycles. The van der Waals surface area contributed by atoms with Crippen LogP contribution < -0.4 is 4.90 Å². The highest BCUT2D eigenvalue weighted by Crippen LogP contribution is 2.29. The highest BCUT2D eigenvalue weighted by molar-refractivity contribution is 5.66. The standard InChI is InChI=1S/C15H20N2O4/c1-11-2-4-13(10-14(11)17(20)21)16-8-6-12(7-9-16)3-5-15(18)19/h2,4,10,12H,3,5-9H2,1H3,(H,18,19). The second kappa shape index (κ2) is 6.56. The van der Waals surface area contributed by atoms with E-state index in [1.54, 1.807) is 19.1 Å². The van der Waals surface area contributed by atoms with Gasteiger partial charge >= 0.3 is 5.97 Å². The van der Waals surface area contributed by atoms with E-state index in [9.17, 15) is 14.9 Å². The molecule has 1 aromatic carbocycles. The predicted molar refractivity (Wildman–Crippen MR) is 79.6 cm³/mol. The number of benzene rings is 1. The summed E-state index contributed by atoms with van der Waals surface area (Å²) in [5.41, 5.74) is 1.70. The third kappa shape index (κ3) is 3.93. The van der Waals surface area contributed by atoms with Crippen LogP contribution in [0.1, 0.15) is 31.2 Å². The van der Waals surface area contributed by atoms with Crippen LogP contribution in [-0.2, 0) is 4.79 Å². The molecule has 0 aliphatic carbocycles. The lowest BCUT2D eigenvalue weighted by molar-refractivity contribution is -0.385. The molecule has 6 nitrogen and oxygen atoms in total. The molecule has 2 rings (SSSR count). The van der Waals surface area contributed by atoms with Crippen LogP contribution in [0.2, 0.25) is 0 Å². The first-order chi connectivity index (χ1) is 9.97. The van der Waals surface area contributed by atoms with Crippen molar-refractivity contribution >= 4 is 17.3 Å². The van der Waals surface area contributed by atoms with Crippen molar-refractivity contribution in [2.45, 2.75) is 32.6 Å². The minimum Gasteiger partial charge on any atom is -0.481 e. The lowest BCUT2D eigenvalue weighted by Crippen LogP contribution is -2.33. The quantitative estimate of drug-likeness (QED) is 0.666. The van der Waals surface area contributed by atoms with Gasteiger partial charge in [-0.15, -0.1) is 0 Å². The molecule has 6 heteroatoms. The first kappa shape index (κ1) is 15.3. The summed E-state index contributed by atoms with van der Waals surface area (Å²) in [6.07, 6.45) is 2.82. The van der Waals surface area contributed by atoms with E-state index in [0.717, 1.165) is 38.0 Å². The zero-order chi connectivity index (χ0) is 15.4. The van der Waals surface area contributed by atoms with Gasteiger partial charge < -0.3 is 10.0 Å². The molecule has 0 bridgehead atoms. The molecule has 0 radical (unpaired) electrons. The first-order valence-corrected chi connectivity index (χ1v) is 7.19. The van der Waals surface area contributed by atoms with Gasteiger partial charge in [0, 0.05) is 36.8 Å². The van der Waals surface area contributed by atoms with Crippen LogP contribution in [0, 0.1) is 23.0 Å². The van der Waals surface area contributed by atoms with Crippen molar-refractivity contribution in [3.05, 3.63) is 33.9 Å². The number of aryl methyl sites for hydroxylation is 1. The Morgan fingerprint density at radius 1 is 1.43 bits per heavy atom. The SMILES string of the molecule is Cc1ccc(N2CCC(CCC(=O)O)CC2)cc1[N+](=O)[O-]. The number of nitro groups is 1. The number of aliphatic carboxylic acids is 1. The maximum absolute atomic E-state index is 11.0. The van der Waals surface area contributed by atoms with Gasteiger partial charge in [0.1, 0.15) is 0 Å². The molecule has 1 fully saturated rings. The number of nitrogens with zero attached hydrogens (tertiary/aromatic N) is 2. The minimum atomic E-state index is -0.744. The predicted octanol–water partition coefficient (Wildman–Crippen LogP) is 2.98. The Bertz CT molecular complexity index is 536. The monoisotopic (exact) mass is 292 g/mol. The summed E-state index contributed by atoms with van der Waals surface area (Å²) in [5, 5.41) is 19.7. The summed E-state index contributed by atoms with van der Waals surface area (Å²) >= 11 is 0. The fourth-order valence-electron chi connectivity index (χ4n) is 2.80. The van der Waals surface area contributed by atoms with Crippen LogP contribution in [0.3, 0.4) is 0 Å². The van der Waals surface area contributed by atoms with Crippen LogP contribution in [0.5, 0.6) is 0 Å². The van der Waals surface area contributed by atoms with Crippen molar-refractivity contribution in [1.29, 1.82) is 0 Å². The van der Waals surface area contributed by atoms with E-state index >= 15 is 0 Å². The van der Waals surface area contributed by atoms with E-state index < -0.39 is 5.97 Å². The third-order valence-corrected chi connectivity index (χ3v) is 4.14. The van der Waals surface area contributed by atoms with E-state index in [0.29, 0.717) is 11.5 Å². The summed E-state index contributed by atoms with van der Waals surface area (Å²) in [4.78, 5) is 23.4. The van der Waals surface area contributed by atoms with E-state index in [2.05, 4.69) is 4.90 Å². The van der Waals surface area contributed by atoms with Crippen molar-refractivity contribution in [3.8, 4) is 0 Å². The molecule has 21 heavy (non-hydrogen) atoms. The number of piperidine rings is 1. The molecule has 0 spiro atoms. The second-order valence-corrected chi connectivity index (χ2v) is 5.59. The normalized spacial score (nSPS) is 16.0. The largest absolute Gasteiger partial charge is 0.481 e. The molecule has 1 aliphatic rings. The van der Waals surface area contributed by atoms with Gasteiger partial charge in [-0.05, 0) is 38.2 Å². The number of hydrogen-bond acceptors (Lipinski definition) is 4. The van der Waals surface area contributed by atoms with Gasteiger partial charge in [0.05, 0.1) is 4.92 Å². The Morgan fingerprint density at radius 2 is 2.10 bits per heavy atom. The lowest BCUT2D eigenvalue weighted by Gasteiger charge is -2.33. The van der Waals surface area contributed by atoms with Crippen molar-refractivity contribution in [2.24, 2.45) is 5.92 Å². The minimum absolute atomic E-state index is 0.153. The number of rotatable bonds is 5. The van der Waals surface area contributed by atoms with Gasteiger partial charge in [0.25, 0.3) is 5.69 Å². The fraction of sp³-hybridized carbons (Fsp3) is 0.533. The molecule has 1 saturated heterocycles. The van der Waals surface area contributed by atoms with Crippen molar-refractivity contribution in [2.75, 3.05) is 18.0 Å². The maximum Gasteiger partial charge on any atom is 0.303 e. The number of carboxylic acids is 1. The van der Waals surface area contributed by atoms with Crippen LogP contribution in [0.4, 0.5) is 11.4 Å². The van der Waals surface area contributed by atoms with Crippen LogP contribution in [0.15, 0.2) is 18.2 Å². The highest BCUT2D eigenvalue weighted by atomic mass is 16.6. The number of anilines is 1. The third-order valence-electron chi connectivity index (χ3n) is 4.14. The van der Waals surface area contributed by atoms with Gasteiger partial charge in [-0.2, -0.15) is 0 Å². The molecule has 1 N–H and O–H groups in total. The average molecular weight is 292 g/mol. The van der Waals surface area contributed by atoms with Crippen LogP contribution in [-0.4, -0.2) is 29.1 Å². The molecular formula is C15H20N2O4. The lowest BCUT2D eigenvalue weighted by atomic mass is 9.92. The molecule has 114 valence electrons. The number of nitro benzene ring substituents is 1. The summed E-state index contributed by atoms with van der Waals surface area (Å²) in [7, 11) is 0. The smallest absolute Gasteiger partial charge is 0.303 e. The Kier molecular flexibility index (Phi) is 4.77. The van der Waals surface area contributed by atoms with E-state index in [4.69, 9.17) is 5.11 Å². The maximum atomic E-state index is 11.0. The van der Waals surface area contributed by atoms with Gasteiger partial charge in [0.15, 0.2) is 0 Å². The average Bonchev–Trinajstić information content (AvgIpc) is 2.46. The van der Waals surface area contributed by atoms with Crippen LogP contribution >= 0.6 is 0 Å². The summed E-state index contributed by atoms with van der Waals surface area (Å²) < 4.78 is 0. The van der Waals surface area contributed by atoms with Crippen LogP contribution in [0.25, 0.3) is 0 Å². The first-order valence-electron chi connectivity index (χ1n) is 7.19. The summed E-state index contributed by atoms with van der Waals surface area (Å²) in [5.74, 6) is -0.302. The van der Waals surface area contributed by atoms with Gasteiger partial charge in [-0.25, -0.2) is 0 Å². The van der Waals surface area contributed by atoms with E-state index in [-0.39, 0.29) is 17.0 Å². The van der Waals surface area contributed by atoms with Crippen molar-refractivity contribution in [3.63, 3.8) is 0 Å². The molecule has 0 atom stereocenters. The van der Waals surface area contributed by atoms with Gasteiger partial charge in [0.2, 0.25) is 0 Å². The number of hydrogen-bond donors (Lipinski definition) is 1.